The molecule has 2 amide bonds. The minimum atomic E-state index is -0.391. The van der Waals surface area contributed by atoms with Crippen molar-refractivity contribution in [1.82, 2.24) is 10.7 Å². The van der Waals surface area contributed by atoms with E-state index in [0.29, 0.717) is 16.5 Å². The Morgan fingerprint density at radius 1 is 1.00 bits per heavy atom. The molecular formula is C16H16ClN3O3. The van der Waals surface area contributed by atoms with Gasteiger partial charge in [0, 0.05) is 5.02 Å². The maximum atomic E-state index is 11.6. The third kappa shape index (κ3) is 6.27. The molecule has 2 aromatic carbocycles. The minimum Gasteiger partial charge on any atom is -0.484 e. The molecule has 0 heterocycles. The molecule has 0 saturated carbocycles. The van der Waals surface area contributed by atoms with E-state index in [2.05, 4.69) is 16.2 Å². The summed E-state index contributed by atoms with van der Waals surface area (Å²) in [5.74, 6) is -0.181. The second-order valence-corrected chi connectivity index (χ2v) is 5.00. The highest BCUT2D eigenvalue weighted by atomic mass is 35.5. The van der Waals surface area contributed by atoms with E-state index in [0.717, 1.165) is 0 Å². The molecule has 0 radical (unpaired) electrons. The van der Waals surface area contributed by atoms with E-state index in [1.54, 1.807) is 36.4 Å². The normalized spacial score (nSPS) is 9.78. The molecule has 120 valence electrons. The number of hydrogen-bond acceptors (Lipinski definition) is 4. The van der Waals surface area contributed by atoms with E-state index in [9.17, 15) is 9.59 Å². The lowest BCUT2D eigenvalue weighted by Gasteiger charge is -2.10. The first-order valence-electron chi connectivity index (χ1n) is 6.88. The standard InChI is InChI=1S/C16H16ClN3O3/c17-12-5-4-6-13(9-12)19-20-15(21)10-18-16(22)11-23-14-7-2-1-3-8-14/h1-9,19H,10-11H2,(H,18,22)(H,20,21). The van der Waals surface area contributed by atoms with Crippen molar-refractivity contribution >= 4 is 29.1 Å². The van der Waals surface area contributed by atoms with E-state index in [-0.39, 0.29) is 19.1 Å². The first-order valence-corrected chi connectivity index (χ1v) is 7.26. The van der Waals surface area contributed by atoms with Crippen molar-refractivity contribution in [2.24, 2.45) is 0 Å². The topological polar surface area (TPSA) is 79.5 Å². The summed E-state index contributed by atoms with van der Waals surface area (Å²) in [6, 6.07) is 15.8. The zero-order valence-electron chi connectivity index (χ0n) is 12.2. The van der Waals surface area contributed by atoms with Gasteiger partial charge in [-0.2, -0.15) is 0 Å². The number of benzene rings is 2. The number of amides is 2. The van der Waals surface area contributed by atoms with Crippen LogP contribution in [0.5, 0.6) is 5.75 Å². The van der Waals surface area contributed by atoms with Gasteiger partial charge >= 0.3 is 0 Å². The highest BCUT2D eigenvalue weighted by Crippen LogP contribution is 2.13. The quantitative estimate of drug-likeness (QED) is 0.677. The fraction of sp³-hybridized carbons (Fsp3) is 0.125. The number of nitrogens with one attached hydrogen (secondary N) is 3. The number of halogens is 1. The summed E-state index contributed by atoms with van der Waals surface area (Å²) >= 11 is 5.82. The Hall–Kier alpha value is -2.73. The van der Waals surface area contributed by atoms with E-state index in [1.165, 1.54) is 0 Å². The van der Waals surface area contributed by atoms with Crippen LogP contribution in [0.2, 0.25) is 5.02 Å². The van der Waals surface area contributed by atoms with Gasteiger partial charge in [0.25, 0.3) is 11.8 Å². The summed E-state index contributed by atoms with van der Waals surface area (Å²) < 4.78 is 5.27. The first-order chi connectivity index (χ1) is 11.1. The molecule has 0 aliphatic rings. The van der Waals surface area contributed by atoms with Gasteiger partial charge in [0.2, 0.25) is 0 Å². The monoisotopic (exact) mass is 333 g/mol. The predicted molar refractivity (Wildman–Crippen MR) is 88.2 cm³/mol. The lowest BCUT2D eigenvalue weighted by molar-refractivity contribution is -0.127. The van der Waals surface area contributed by atoms with Gasteiger partial charge in [0.05, 0.1) is 12.2 Å². The van der Waals surface area contributed by atoms with E-state index in [4.69, 9.17) is 16.3 Å². The summed E-state index contributed by atoms with van der Waals surface area (Å²) in [4.78, 5) is 23.2. The molecule has 7 heteroatoms. The van der Waals surface area contributed by atoms with Crippen LogP contribution in [0, 0.1) is 0 Å². The molecule has 0 unspecified atom stereocenters. The van der Waals surface area contributed by atoms with Crippen molar-refractivity contribution in [3.63, 3.8) is 0 Å². The molecule has 0 fully saturated rings. The Balaban J connectivity index is 1.64. The highest BCUT2D eigenvalue weighted by Gasteiger charge is 2.06. The number of hydrogen-bond donors (Lipinski definition) is 3. The van der Waals surface area contributed by atoms with Gasteiger partial charge in [0.1, 0.15) is 5.75 Å². The Bertz CT molecular complexity index is 665. The second-order valence-electron chi connectivity index (χ2n) is 4.56. The molecule has 3 N–H and O–H groups in total. The maximum Gasteiger partial charge on any atom is 0.258 e. The molecular weight excluding hydrogens is 318 g/mol. The summed E-state index contributed by atoms with van der Waals surface area (Å²) in [5.41, 5.74) is 5.80. The Morgan fingerprint density at radius 3 is 2.52 bits per heavy atom. The molecule has 0 spiro atoms. The zero-order chi connectivity index (χ0) is 16.5. The smallest absolute Gasteiger partial charge is 0.258 e. The van der Waals surface area contributed by atoms with Gasteiger partial charge in [-0.1, -0.05) is 35.9 Å². The van der Waals surface area contributed by atoms with Crippen LogP contribution in [0.15, 0.2) is 54.6 Å². The maximum absolute atomic E-state index is 11.6. The Kier molecular flexibility index (Phi) is 6.26. The number of ether oxygens (including phenoxy) is 1. The van der Waals surface area contributed by atoms with Crippen molar-refractivity contribution in [3.8, 4) is 5.75 Å². The van der Waals surface area contributed by atoms with E-state index < -0.39 is 5.91 Å². The van der Waals surface area contributed by atoms with Crippen LogP contribution in [0.4, 0.5) is 5.69 Å². The van der Waals surface area contributed by atoms with Gasteiger partial charge in [-0.25, -0.2) is 0 Å². The van der Waals surface area contributed by atoms with Crippen LogP contribution in [0.1, 0.15) is 0 Å². The number of carbonyl (C=O) groups is 2. The Labute approximate surface area is 138 Å². The second kappa shape index (κ2) is 8.65. The largest absolute Gasteiger partial charge is 0.484 e. The fourth-order valence-electron chi connectivity index (χ4n) is 1.65. The van der Waals surface area contributed by atoms with Crippen molar-refractivity contribution in [2.45, 2.75) is 0 Å². The molecule has 0 saturated heterocycles. The number of para-hydroxylation sites is 1. The van der Waals surface area contributed by atoms with Crippen LogP contribution in [0.3, 0.4) is 0 Å². The van der Waals surface area contributed by atoms with Gasteiger partial charge in [-0.05, 0) is 30.3 Å². The molecule has 0 bridgehead atoms. The molecule has 2 rings (SSSR count). The minimum absolute atomic E-state index is 0.154. The SMILES string of the molecule is O=C(COc1ccccc1)NCC(=O)NNc1cccc(Cl)c1. The van der Waals surface area contributed by atoms with E-state index in [1.807, 2.05) is 18.2 Å². The summed E-state index contributed by atoms with van der Waals surface area (Å²) in [6.07, 6.45) is 0. The number of hydrazine groups is 1. The van der Waals surface area contributed by atoms with Crippen LogP contribution < -0.4 is 20.9 Å². The predicted octanol–water partition coefficient (Wildman–Crippen LogP) is 1.98. The number of rotatable bonds is 7. The lowest BCUT2D eigenvalue weighted by atomic mass is 10.3. The molecule has 23 heavy (non-hydrogen) atoms. The van der Waals surface area contributed by atoms with Crippen LogP contribution in [-0.2, 0) is 9.59 Å². The number of carbonyl (C=O) groups excluding carboxylic acids is 2. The summed E-state index contributed by atoms with van der Waals surface area (Å²) in [5, 5.41) is 3.01. The van der Waals surface area contributed by atoms with Crippen molar-refractivity contribution < 1.29 is 14.3 Å². The number of anilines is 1. The van der Waals surface area contributed by atoms with Crippen molar-refractivity contribution in [1.29, 1.82) is 0 Å². The van der Waals surface area contributed by atoms with Gasteiger partial charge in [-0.15, -0.1) is 0 Å². The van der Waals surface area contributed by atoms with Crippen molar-refractivity contribution in [2.75, 3.05) is 18.6 Å². The van der Waals surface area contributed by atoms with Crippen molar-refractivity contribution in [3.05, 3.63) is 59.6 Å². The Morgan fingerprint density at radius 2 is 1.78 bits per heavy atom. The molecule has 0 aliphatic carbocycles. The van der Waals surface area contributed by atoms with Crippen LogP contribution in [-0.4, -0.2) is 25.0 Å². The van der Waals surface area contributed by atoms with Crippen LogP contribution in [0.25, 0.3) is 0 Å². The molecule has 0 atom stereocenters. The fourth-order valence-corrected chi connectivity index (χ4v) is 1.84. The highest BCUT2D eigenvalue weighted by molar-refractivity contribution is 6.30. The average molecular weight is 334 g/mol. The third-order valence-corrected chi connectivity index (χ3v) is 2.97. The zero-order valence-corrected chi connectivity index (χ0v) is 13.0. The molecule has 6 nitrogen and oxygen atoms in total. The van der Waals surface area contributed by atoms with Gasteiger partial charge in [0.15, 0.2) is 6.61 Å². The molecule has 0 aromatic heterocycles. The van der Waals surface area contributed by atoms with E-state index >= 15 is 0 Å². The van der Waals surface area contributed by atoms with Gasteiger partial charge < -0.3 is 10.1 Å². The third-order valence-electron chi connectivity index (χ3n) is 2.73. The molecule has 2 aromatic rings. The van der Waals surface area contributed by atoms with Gasteiger partial charge in [-0.3, -0.25) is 20.4 Å². The molecule has 0 aliphatic heterocycles. The average Bonchev–Trinajstić information content (AvgIpc) is 2.57. The van der Waals surface area contributed by atoms with Crippen LogP contribution >= 0.6 is 11.6 Å². The lowest BCUT2D eigenvalue weighted by Crippen LogP contribution is -2.40. The summed E-state index contributed by atoms with van der Waals surface area (Å²) in [7, 11) is 0. The summed E-state index contributed by atoms with van der Waals surface area (Å²) in [6.45, 7) is -0.316. The first kappa shape index (κ1) is 16.6.